The maximum absolute atomic E-state index is 5.78. The summed E-state index contributed by atoms with van der Waals surface area (Å²) in [4.78, 5) is 7.71. The molecule has 3 N–H and O–H groups in total. The molecule has 0 saturated heterocycles. The number of H-pyrrole nitrogens is 1. The van der Waals surface area contributed by atoms with Gasteiger partial charge in [-0.2, -0.15) is 0 Å². The summed E-state index contributed by atoms with van der Waals surface area (Å²) >= 11 is 0. The first-order valence-electron chi connectivity index (χ1n) is 5.06. The van der Waals surface area contributed by atoms with Gasteiger partial charge in [-0.1, -0.05) is 30.3 Å². The Morgan fingerprint density at radius 2 is 1.93 bits per heavy atom. The molecule has 2 rings (SSSR count). The fourth-order valence-corrected chi connectivity index (χ4v) is 1.58. The lowest BCUT2D eigenvalue weighted by Gasteiger charge is -1.98. The molecule has 0 aliphatic heterocycles. The van der Waals surface area contributed by atoms with E-state index in [0.717, 1.165) is 22.8 Å². The SMILES string of the molecule is Cc1[nH]c([C@@H](C)N)nc1-c1ccccc1. The third-order valence-corrected chi connectivity index (χ3v) is 2.38. The largest absolute Gasteiger partial charge is 0.344 e. The minimum absolute atomic E-state index is 0.0545. The standard InChI is InChI=1S/C12H15N3/c1-8(13)12-14-9(2)11(15-12)10-6-4-3-5-7-10/h3-8H,13H2,1-2H3,(H,14,15)/t8-/m1/s1. The van der Waals surface area contributed by atoms with E-state index in [1.807, 2.05) is 44.2 Å². The van der Waals surface area contributed by atoms with Crippen LogP contribution in [0, 0.1) is 6.92 Å². The summed E-state index contributed by atoms with van der Waals surface area (Å²) in [5.74, 6) is 0.839. The zero-order valence-corrected chi connectivity index (χ0v) is 8.99. The molecule has 1 atom stereocenters. The second-order valence-corrected chi connectivity index (χ2v) is 3.75. The Morgan fingerprint density at radius 3 is 2.47 bits per heavy atom. The van der Waals surface area contributed by atoms with E-state index in [0.29, 0.717) is 0 Å². The number of hydrogen-bond donors (Lipinski definition) is 2. The Balaban J connectivity index is 2.45. The molecule has 0 unspecified atom stereocenters. The van der Waals surface area contributed by atoms with Crippen molar-refractivity contribution < 1.29 is 0 Å². The van der Waals surface area contributed by atoms with Gasteiger partial charge in [0.25, 0.3) is 0 Å². The van der Waals surface area contributed by atoms with Gasteiger partial charge in [0.15, 0.2) is 0 Å². The number of aromatic nitrogens is 2. The van der Waals surface area contributed by atoms with Crippen molar-refractivity contribution in [3.63, 3.8) is 0 Å². The summed E-state index contributed by atoms with van der Waals surface area (Å²) in [6.45, 7) is 3.94. The molecule has 0 fully saturated rings. The average Bonchev–Trinajstić information content (AvgIpc) is 2.62. The summed E-state index contributed by atoms with van der Waals surface area (Å²) < 4.78 is 0. The van der Waals surface area contributed by atoms with Crippen molar-refractivity contribution in [2.75, 3.05) is 0 Å². The lowest BCUT2D eigenvalue weighted by molar-refractivity contribution is 0.754. The highest BCUT2D eigenvalue weighted by Gasteiger charge is 2.10. The first kappa shape index (κ1) is 9.93. The van der Waals surface area contributed by atoms with E-state index >= 15 is 0 Å². The van der Waals surface area contributed by atoms with E-state index in [9.17, 15) is 0 Å². The molecule has 78 valence electrons. The molecule has 0 bridgehead atoms. The van der Waals surface area contributed by atoms with Crippen LogP contribution in [0.2, 0.25) is 0 Å². The van der Waals surface area contributed by atoms with Crippen molar-refractivity contribution in [3.05, 3.63) is 41.9 Å². The van der Waals surface area contributed by atoms with Gasteiger partial charge in [-0.05, 0) is 13.8 Å². The lowest BCUT2D eigenvalue weighted by atomic mass is 10.1. The van der Waals surface area contributed by atoms with Crippen molar-refractivity contribution in [1.82, 2.24) is 9.97 Å². The Bertz CT molecular complexity index is 443. The van der Waals surface area contributed by atoms with Crippen molar-refractivity contribution in [3.8, 4) is 11.3 Å². The highest BCUT2D eigenvalue weighted by atomic mass is 15.0. The van der Waals surface area contributed by atoms with Crippen LogP contribution < -0.4 is 5.73 Å². The smallest absolute Gasteiger partial charge is 0.123 e. The normalized spacial score (nSPS) is 12.7. The number of rotatable bonds is 2. The van der Waals surface area contributed by atoms with E-state index in [4.69, 9.17) is 5.73 Å². The van der Waals surface area contributed by atoms with Crippen LogP contribution in [0.4, 0.5) is 0 Å². The molecule has 1 aromatic carbocycles. The van der Waals surface area contributed by atoms with E-state index in [1.54, 1.807) is 0 Å². The third kappa shape index (κ3) is 1.92. The van der Waals surface area contributed by atoms with Crippen molar-refractivity contribution in [2.24, 2.45) is 5.73 Å². The van der Waals surface area contributed by atoms with Crippen molar-refractivity contribution >= 4 is 0 Å². The molecular weight excluding hydrogens is 186 g/mol. The number of hydrogen-bond acceptors (Lipinski definition) is 2. The zero-order chi connectivity index (χ0) is 10.8. The molecular formula is C12H15N3. The Hall–Kier alpha value is -1.61. The highest BCUT2D eigenvalue weighted by Crippen LogP contribution is 2.21. The number of nitrogens with two attached hydrogens (primary N) is 1. The first-order chi connectivity index (χ1) is 7.18. The number of nitrogens with zero attached hydrogens (tertiary/aromatic N) is 1. The van der Waals surface area contributed by atoms with Crippen LogP contribution in [0.25, 0.3) is 11.3 Å². The summed E-state index contributed by atoms with van der Waals surface area (Å²) in [5.41, 5.74) is 8.96. The van der Waals surface area contributed by atoms with Crippen molar-refractivity contribution in [2.45, 2.75) is 19.9 Å². The van der Waals surface area contributed by atoms with Crippen LogP contribution >= 0.6 is 0 Å². The number of benzene rings is 1. The van der Waals surface area contributed by atoms with Gasteiger partial charge in [-0.25, -0.2) is 4.98 Å². The summed E-state index contributed by atoms with van der Waals surface area (Å²) in [7, 11) is 0. The minimum atomic E-state index is -0.0545. The van der Waals surface area contributed by atoms with Gasteiger partial charge >= 0.3 is 0 Å². The van der Waals surface area contributed by atoms with E-state index < -0.39 is 0 Å². The highest BCUT2D eigenvalue weighted by molar-refractivity contribution is 5.61. The molecule has 0 saturated carbocycles. The second kappa shape index (κ2) is 3.87. The molecule has 3 nitrogen and oxygen atoms in total. The molecule has 0 spiro atoms. The fourth-order valence-electron chi connectivity index (χ4n) is 1.58. The Labute approximate surface area is 89.4 Å². The fraction of sp³-hybridized carbons (Fsp3) is 0.250. The van der Waals surface area contributed by atoms with Gasteiger partial charge in [0.2, 0.25) is 0 Å². The Morgan fingerprint density at radius 1 is 1.27 bits per heavy atom. The van der Waals surface area contributed by atoms with Crippen LogP contribution in [0.5, 0.6) is 0 Å². The molecule has 0 amide bonds. The van der Waals surface area contributed by atoms with E-state index in [2.05, 4.69) is 9.97 Å². The van der Waals surface area contributed by atoms with Crippen LogP contribution in [0.3, 0.4) is 0 Å². The van der Waals surface area contributed by atoms with Gasteiger partial charge in [-0.15, -0.1) is 0 Å². The summed E-state index contributed by atoms with van der Waals surface area (Å²) in [6, 6.07) is 10.1. The second-order valence-electron chi connectivity index (χ2n) is 3.75. The molecule has 1 aromatic heterocycles. The third-order valence-electron chi connectivity index (χ3n) is 2.38. The van der Waals surface area contributed by atoms with Gasteiger partial charge in [0.1, 0.15) is 5.82 Å². The van der Waals surface area contributed by atoms with Crippen LogP contribution in [-0.4, -0.2) is 9.97 Å². The monoisotopic (exact) mass is 201 g/mol. The summed E-state index contributed by atoms with van der Waals surface area (Å²) in [6.07, 6.45) is 0. The maximum Gasteiger partial charge on any atom is 0.123 e. The maximum atomic E-state index is 5.78. The van der Waals surface area contributed by atoms with Crippen molar-refractivity contribution in [1.29, 1.82) is 0 Å². The van der Waals surface area contributed by atoms with E-state index in [-0.39, 0.29) is 6.04 Å². The quantitative estimate of drug-likeness (QED) is 0.784. The zero-order valence-electron chi connectivity index (χ0n) is 8.99. The lowest BCUT2D eigenvalue weighted by Crippen LogP contribution is -2.06. The Kier molecular flexibility index (Phi) is 2.56. The molecule has 3 heteroatoms. The number of imidazole rings is 1. The molecule has 2 aromatic rings. The predicted molar refractivity (Wildman–Crippen MR) is 61.4 cm³/mol. The number of aromatic amines is 1. The minimum Gasteiger partial charge on any atom is -0.344 e. The topological polar surface area (TPSA) is 54.7 Å². The van der Waals surface area contributed by atoms with Crippen LogP contribution in [-0.2, 0) is 0 Å². The molecule has 0 aliphatic carbocycles. The van der Waals surface area contributed by atoms with Crippen LogP contribution in [0.1, 0.15) is 24.5 Å². The van der Waals surface area contributed by atoms with Gasteiger partial charge in [0.05, 0.1) is 11.7 Å². The average molecular weight is 201 g/mol. The molecule has 15 heavy (non-hydrogen) atoms. The first-order valence-corrected chi connectivity index (χ1v) is 5.06. The van der Waals surface area contributed by atoms with Gasteiger partial charge in [0, 0.05) is 11.3 Å². The molecule has 1 heterocycles. The van der Waals surface area contributed by atoms with Crippen LogP contribution in [0.15, 0.2) is 30.3 Å². The van der Waals surface area contributed by atoms with Gasteiger partial charge < -0.3 is 10.7 Å². The number of nitrogens with one attached hydrogen (secondary N) is 1. The van der Waals surface area contributed by atoms with E-state index in [1.165, 1.54) is 0 Å². The molecule has 0 aliphatic rings. The summed E-state index contributed by atoms with van der Waals surface area (Å²) in [5, 5.41) is 0. The molecule has 0 radical (unpaired) electrons. The van der Waals surface area contributed by atoms with Gasteiger partial charge in [-0.3, -0.25) is 0 Å². The number of aryl methyl sites for hydroxylation is 1. The predicted octanol–water partition coefficient (Wildman–Crippen LogP) is 2.40.